The average molecular weight is 363 g/mol. The first kappa shape index (κ1) is 18.5. The molecule has 0 fully saturated rings. The van der Waals surface area contributed by atoms with E-state index in [1.165, 1.54) is 10.4 Å². The number of nitrogens with zero attached hydrogens (tertiary/aromatic N) is 1. The van der Waals surface area contributed by atoms with E-state index < -0.39 is 10.0 Å². The molecule has 0 heterocycles. The van der Waals surface area contributed by atoms with Gasteiger partial charge in [0, 0.05) is 18.7 Å². The van der Waals surface area contributed by atoms with Crippen LogP contribution in [0.5, 0.6) is 0 Å². The topological polar surface area (TPSA) is 63.4 Å². The zero-order valence-corrected chi connectivity index (χ0v) is 14.9. The molecule has 0 aliphatic carbocycles. The van der Waals surface area contributed by atoms with Gasteiger partial charge in [-0.2, -0.15) is 4.31 Å². The minimum absolute atomic E-state index is 0.0836. The lowest BCUT2D eigenvalue weighted by atomic mass is 10.2. The zero-order valence-electron chi connectivity index (χ0n) is 13.4. The fourth-order valence-corrected chi connectivity index (χ4v) is 4.19. The second kappa shape index (κ2) is 8.32. The molecule has 24 heavy (non-hydrogen) atoms. The number of nitrogens with two attached hydrogens (primary N) is 1. The summed E-state index contributed by atoms with van der Waals surface area (Å²) in [5, 5.41) is 0.158. The van der Waals surface area contributed by atoms with Gasteiger partial charge < -0.3 is 5.73 Å². The van der Waals surface area contributed by atoms with E-state index in [-0.39, 0.29) is 16.5 Å². The van der Waals surface area contributed by atoms with Crippen LogP contribution in [0.1, 0.15) is 18.1 Å². The lowest BCUT2D eigenvalue weighted by molar-refractivity contribution is 0.423. The van der Waals surface area contributed by atoms with Crippen LogP contribution in [0.15, 0.2) is 53.4 Å². The molecule has 0 saturated heterocycles. The van der Waals surface area contributed by atoms with E-state index in [0.29, 0.717) is 18.7 Å². The van der Waals surface area contributed by atoms with Crippen LogP contribution >= 0.6 is 11.6 Å². The number of rotatable bonds is 5. The molecule has 6 heteroatoms. The van der Waals surface area contributed by atoms with Crippen molar-refractivity contribution in [3.8, 4) is 11.8 Å². The van der Waals surface area contributed by atoms with Gasteiger partial charge in [-0.15, -0.1) is 0 Å². The highest BCUT2D eigenvalue weighted by Crippen LogP contribution is 2.26. The Morgan fingerprint density at radius 3 is 2.46 bits per heavy atom. The minimum atomic E-state index is -3.69. The molecular weight excluding hydrogens is 344 g/mol. The summed E-state index contributed by atoms with van der Waals surface area (Å²) in [5.41, 5.74) is 6.89. The SMILES string of the molecule is CCN(Cc1ccccc1)S(=O)(=O)c1ccc(C#CCN)cc1Cl. The monoisotopic (exact) mass is 362 g/mol. The van der Waals surface area contributed by atoms with Gasteiger partial charge in [-0.05, 0) is 23.8 Å². The third kappa shape index (κ3) is 4.37. The molecule has 2 rings (SSSR count). The van der Waals surface area contributed by atoms with Crippen LogP contribution in [-0.4, -0.2) is 25.8 Å². The summed E-state index contributed by atoms with van der Waals surface area (Å²) in [5.74, 6) is 5.55. The van der Waals surface area contributed by atoms with Crippen LogP contribution in [0, 0.1) is 11.8 Å². The van der Waals surface area contributed by atoms with Gasteiger partial charge in [0.05, 0.1) is 11.6 Å². The quantitative estimate of drug-likeness (QED) is 0.832. The van der Waals surface area contributed by atoms with Gasteiger partial charge in [-0.25, -0.2) is 8.42 Å². The van der Waals surface area contributed by atoms with Crippen molar-refractivity contribution in [2.24, 2.45) is 5.73 Å². The molecule has 0 aliphatic rings. The van der Waals surface area contributed by atoms with Crippen LogP contribution in [-0.2, 0) is 16.6 Å². The molecule has 4 nitrogen and oxygen atoms in total. The summed E-state index contributed by atoms with van der Waals surface area (Å²) in [7, 11) is -3.69. The molecule has 0 saturated carbocycles. The number of halogens is 1. The highest BCUT2D eigenvalue weighted by molar-refractivity contribution is 7.89. The second-order valence-electron chi connectivity index (χ2n) is 5.07. The molecule has 0 bridgehead atoms. The molecule has 126 valence electrons. The van der Waals surface area contributed by atoms with E-state index in [4.69, 9.17) is 17.3 Å². The molecule has 0 atom stereocenters. The Hall–Kier alpha value is -1.84. The number of benzene rings is 2. The van der Waals surface area contributed by atoms with Crippen molar-refractivity contribution in [3.05, 3.63) is 64.7 Å². The molecule has 0 amide bonds. The van der Waals surface area contributed by atoms with Gasteiger partial charge in [0.25, 0.3) is 0 Å². The largest absolute Gasteiger partial charge is 0.320 e. The van der Waals surface area contributed by atoms with E-state index in [1.54, 1.807) is 19.1 Å². The van der Waals surface area contributed by atoms with E-state index in [1.807, 2.05) is 30.3 Å². The van der Waals surface area contributed by atoms with Gasteiger partial charge in [-0.3, -0.25) is 0 Å². The number of hydrogen-bond acceptors (Lipinski definition) is 3. The summed E-state index contributed by atoms with van der Waals surface area (Å²) in [4.78, 5) is 0.0836. The van der Waals surface area contributed by atoms with E-state index in [9.17, 15) is 8.42 Å². The van der Waals surface area contributed by atoms with Crippen LogP contribution < -0.4 is 5.73 Å². The normalized spacial score (nSPS) is 11.2. The molecular formula is C18H19ClN2O2S. The molecule has 0 unspecified atom stereocenters. The van der Waals surface area contributed by atoms with Crippen molar-refractivity contribution in [2.45, 2.75) is 18.4 Å². The maximum Gasteiger partial charge on any atom is 0.244 e. The Morgan fingerprint density at radius 2 is 1.88 bits per heavy atom. The minimum Gasteiger partial charge on any atom is -0.320 e. The highest BCUT2D eigenvalue weighted by atomic mass is 35.5. The summed E-state index contributed by atoms with van der Waals surface area (Å²) in [6.07, 6.45) is 0. The lowest BCUT2D eigenvalue weighted by Gasteiger charge is -2.21. The number of hydrogen-bond donors (Lipinski definition) is 1. The zero-order chi connectivity index (χ0) is 17.6. The molecule has 0 aliphatic heterocycles. The third-order valence-corrected chi connectivity index (χ3v) is 5.84. The predicted molar refractivity (Wildman–Crippen MR) is 97.1 cm³/mol. The van der Waals surface area contributed by atoms with Crippen LogP contribution in [0.2, 0.25) is 5.02 Å². The van der Waals surface area contributed by atoms with Gasteiger partial charge in [0.1, 0.15) is 4.90 Å². The molecule has 0 radical (unpaired) electrons. The molecule has 0 aromatic heterocycles. The molecule has 2 N–H and O–H groups in total. The van der Waals surface area contributed by atoms with Gasteiger partial charge in [0.2, 0.25) is 10.0 Å². The first-order chi connectivity index (χ1) is 11.5. The summed E-state index contributed by atoms with van der Waals surface area (Å²) < 4.78 is 27.2. The van der Waals surface area contributed by atoms with Crippen LogP contribution in [0.3, 0.4) is 0 Å². The Labute approximate surface area is 148 Å². The van der Waals surface area contributed by atoms with Crippen molar-refractivity contribution >= 4 is 21.6 Å². The van der Waals surface area contributed by atoms with E-state index in [0.717, 1.165) is 5.56 Å². The second-order valence-corrected chi connectivity index (χ2v) is 7.38. The fourth-order valence-electron chi connectivity index (χ4n) is 2.23. The predicted octanol–water partition coefficient (Wildman–Crippen LogP) is 2.86. The first-order valence-electron chi connectivity index (χ1n) is 7.51. The van der Waals surface area contributed by atoms with Crippen molar-refractivity contribution in [2.75, 3.05) is 13.1 Å². The van der Waals surface area contributed by atoms with Crippen LogP contribution in [0.4, 0.5) is 0 Å². The molecule has 2 aromatic carbocycles. The first-order valence-corrected chi connectivity index (χ1v) is 9.33. The Bertz CT molecular complexity index is 856. The standard InChI is InChI=1S/C18H19ClN2O2S/c1-2-21(14-16-7-4-3-5-8-16)24(22,23)18-11-10-15(9-6-12-20)13-17(18)19/h3-5,7-8,10-11,13H,2,12,14,20H2,1H3. The Balaban J connectivity index is 2.34. The fraction of sp³-hybridized carbons (Fsp3) is 0.222. The maximum absolute atomic E-state index is 12.9. The number of sulfonamides is 1. The lowest BCUT2D eigenvalue weighted by Crippen LogP contribution is -2.30. The highest BCUT2D eigenvalue weighted by Gasteiger charge is 2.25. The molecule has 0 spiro atoms. The van der Waals surface area contributed by atoms with Gasteiger partial charge in [-0.1, -0.05) is 60.7 Å². The van der Waals surface area contributed by atoms with Gasteiger partial charge in [0.15, 0.2) is 0 Å². The van der Waals surface area contributed by atoms with Gasteiger partial charge >= 0.3 is 0 Å². The maximum atomic E-state index is 12.9. The smallest absolute Gasteiger partial charge is 0.244 e. The summed E-state index contributed by atoms with van der Waals surface area (Å²) in [6.45, 7) is 2.68. The third-order valence-electron chi connectivity index (χ3n) is 3.44. The Kier molecular flexibility index (Phi) is 6.41. The molecule has 2 aromatic rings. The van der Waals surface area contributed by atoms with Crippen molar-refractivity contribution in [1.29, 1.82) is 0 Å². The summed E-state index contributed by atoms with van der Waals surface area (Å²) >= 11 is 6.19. The Morgan fingerprint density at radius 1 is 1.17 bits per heavy atom. The van der Waals surface area contributed by atoms with Crippen molar-refractivity contribution < 1.29 is 8.42 Å². The summed E-state index contributed by atoms with van der Waals surface area (Å²) in [6, 6.07) is 14.1. The van der Waals surface area contributed by atoms with Crippen molar-refractivity contribution in [1.82, 2.24) is 4.31 Å². The van der Waals surface area contributed by atoms with Crippen molar-refractivity contribution in [3.63, 3.8) is 0 Å². The average Bonchev–Trinajstić information content (AvgIpc) is 2.58. The van der Waals surface area contributed by atoms with Crippen LogP contribution in [0.25, 0.3) is 0 Å². The van der Waals surface area contributed by atoms with E-state index >= 15 is 0 Å². The van der Waals surface area contributed by atoms with E-state index in [2.05, 4.69) is 11.8 Å².